The molecule has 1 aliphatic carbocycles. The van der Waals surface area contributed by atoms with Crippen molar-refractivity contribution in [2.24, 2.45) is 11.7 Å². The SMILES string of the molecule is NCC1CC(OCC2CCOc3ccccc32)C1. The van der Waals surface area contributed by atoms with Gasteiger partial charge in [0.1, 0.15) is 5.75 Å². The van der Waals surface area contributed by atoms with Gasteiger partial charge in [-0.2, -0.15) is 0 Å². The van der Waals surface area contributed by atoms with Crippen LogP contribution in [0.2, 0.25) is 0 Å². The minimum atomic E-state index is 0.438. The minimum Gasteiger partial charge on any atom is -0.493 e. The highest BCUT2D eigenvalue weighted by atomic mass is 16.5. The average molecular weight is 247 g/mol. The monoisotopic (exact) mass is 247 g/mol. The maximum atomic E-state index is 6.00. The predicted molar refractivity (Wildman–Crippen MR) is 70.8 cm³/mol. The molecule has 0 aromatic heterocycles. The molecule has 3 rings (SSSR count). The summed E-state index contributed by atoms with van der Waals surface area (Å²) in [6, 6.07) is 8.31. The van der Waals surface area contributed by atoms with Crippen LogP contribution in [0.15, 0.2) is 24.3 Å². The Morgan fingerprint density at radius 2 is 2.11 bits per heavy atom. The molecule has 0 saturated heterocycles. The number of ether oxygens (including phenoxy) is 2. The van der Waals surface area contributed by atoms with E-state index >= 15 is 0 Å². The van der Waals surface area contributed by atoms with E-state index < -0.39 is 0 Å². The van der Waals surface area contributed by atoms with Gasteiger partial charge < -0.3 is 15.2 Å². The fraction of sp³-hybridized carbons (Fsp3) is 0.600. The van der Waals surface area contributed by atoms with E-state index in [4.69, 9.17) is 15.2 Å². The van der Waals surface area contributed by atoms with Crippen molar-refractivity contribution in [2.45, 2.75) is 31.3 Å². The Morgan fingerprint density at radius 3 is 2.94 bits per heavy atom. The Morgan fingerprint density at radius 1 is 1.28 bits per heavy atom. The lowest BCUT2D eigenvalue weighted by Gasteiger charge is -2.36. The summed E-state index contributed by atoms with van der Waals surface area (Å²) in [7, 11) is 0. The van der Waals surface area contributed by atoms with E-state index in [2.05, 4.69) is 18.2 Å². The van der Waals surface area contributed by atoms with Crippen molar-refractivity contribution in [3.63, 3.8) is 0 Å². The summed E-state index contributed by atoms with van der Waals surface area (Å²) in [6.45, 7) is 2.43. The molecule has 1 aromatic carbocycles. The van der Waals surface area contributed by atoms with Crippen LogP contribution >= 0.6 is 0 Å². The smallest absolute Gasteiger partial charge is 0.122 e. The van der Waals surface area contributed by atoms with Gasteiger partial charge in [-0.25, -0.2) is 0 Å². The first-order valence-corrected chi connectivity index (χ1v) is 6.90. The van der Waals surface area contributed by atoms with Crippen LogP contribution in [0.25, 0.3) is 0 Å². The largest absolute Gasteiger partial charge is 0.493 e. The van der Waals surface area contributed by atoms with Gasteiger partial charge in [0.15, 0.2) is 0 Å². The highest BCUT2D eigenvalue weighted by Crippen LogP contribution is 2.35. The quantitative estimate of drug-likeness (QED) is 0.888. The molecular weight excluding hydrogens is 226 g/mol. The molecule has 1 atom stereocenters. The van der Waals surface area contributed by atoms with Crippen molar-refractivity contribution in [1.82, 2.24) is 0 Å². The van der Waals surface area contributed by atoms with E-state index in [9.17, 15) is 0 Å². The molecule has 98 valence electrons. The minimum absolute atomic E-state index is 0.438. The Bertz CT molecular complexity index is 401. The van der Waals surface area contributed by atoms with Crippen LogP contribution in [0.3, 0.4) is 0 Å². The van der Waals surface area contributed by atoms with Gasteiger partial charge >= 0.3 is 0 Å². The molecule has 1 saturated carbocycles. The molecule has 1 heterocycles. The first kappa shape index (κ1) is 12.0. The van der Waals surface area contributed by atoms with Gasteiger partial charge in [0.05, 0.1) is 19.3 Å². The van der Waals surface area contributed by atoms with Gasteiger partial charge in [0.25, 0.3) is 0 Å². The molecule has 3 nitrogen and oxygen atoms in total. The zero-order chi connectivity index (χ0) is 12.4. The summed E-state index contributed by atoms with van der Waals surface area (Å²) in [6.07, 6.45) is 3.78. The first-order valence-electron chi connectivity index (χ1n) is 6.90. The summed E-state index contributed by atoms with van der Waals surface area (Å²) < 4.78 is 11.7. The van der Waals surface area contributed by atoms with Gasteiger partial charge in [-0.05, 0) is 43.4 Å². The molecule has 3 heteroatoms. The van der Waals surface area contributed by atoms with Crippen LogP contribution in [0, 0.1) is 5.92 Å². The molecule has 0 spiro atoms. The second-order valence-electron chi connectivity index (χ2n) is 5.40. The van der Waals surface area contributed by atoms with E-state index in [1.54, 1.807) is 0 Å². The maximum absolute atomic E-state index is 6.00. The van der Waals surface area contributed by atoms with Crippen LogP contribution in [-0.2, 0) is 4.74 Å². The molecule has 1 fully saturated rings. The van der Waals surface area contributed by atoms with Crippen LogP contribution in [-0.4, -0.2) is 25.9 Å². The van der Waals surface area contributed by atoms with E-state index in [0.717, 1.165) is 44.8 Å². The highest BCUT2D eigenvalue weighted by molar-refractivity contribution is 5.37. The second-order valence-corrected chi connectivity index (χ2v) is 5.40. The van der Waals surface area contributed by atoms with E-state index in [1.807, 2.05) is 6.07 Å². The second kappa shape index (κ2) is 5.29. The third kappa shape index (κ3) is 2.38. The lowest BCUT2D eigenvalue weighted by atomic mass is 9.82. The van der Waals surface area contributed by atoms with Crippen molar-refractivity contribution < 1.29 is 9.47 Å². The van der Waals surface area contributed by atoms with Gasteiger partial charge in [-0.1, -0.05) is 18.2 Å². The zero-order valence-corrected chi connectivity index (χ0v) is 10.7. The van der Waals surface area contributed by atoms with Crippen molar-refractivity contribution >= 4 is 0 Å². The molecule has 1 aliphatic heterocycles. The standard InChI is InChI=1S/C15H21NO2/c16-9-11-7-13(8-11)18-10-12-5-6-17-15-4-2-1-3-14(12)15/h1-4,11-13H,5-10,16H2. The predicted octanol–water partition coefficient (Wildman–Crippen LogP) is 2.31. The van der Waals surface area contributed by atoms with Gasteiger partial charge in [-0.15, -0.1) is 0 Å². The van der Waals surface area contributed by atoms with E-state index in [-0.39, 0.29) is 0 Å². The molecule has 1 unspecified atom stereocenters. The average Bonchev–Trinajstić information content (AvgIpc) is 2.37. The molecule has 0 radical (unpaired) electrons. The molecule has 0 amide bonds. The Balaban J connectivity index is 1.55. The Hall–Kier alpha value is -1.06. The molecule has 2 aliphatic rings. The van der Waals surface area contributed by atoms with Crippen LogP contribution in [0.4, 0.5) is 0 Å². The lowest BCUT2D eigenvalue weighted by Crippen LogP contribution is -2.36. The van der Waals surface area contributed by atoms with Crippen molar-refractivity contribution in [3.05, 3.63) is 29.8 Å². The van der Waals surface area contributed by atoms with Gasteiger partial charge in [0, 0.05) is 5.92 Å². The molecule has 2 N–H and O–H groups in total. The number of para-hydroxylation sites is 1. The third-order valence-electron chi connectivity index (χ3n) is 4.14. The number of hydrogen-bond donors (Lipinski definition) is 1. The summed E-state index contributed by atoms with van der Waals surface area (Å²) in [5.74, 6) is 2.22. The van der Waals surface area contributed by atoms with Crippen LogP contribution in [0.5, 0.6) is 5.75 Å². The molecular formula is C15H21NO2. The topological polar surface area (TPSA) is 44.5 Å². The van der Waals surface area contributed by atoms with E-state index in [1.165, 1.54) is 5.56 Å². The number of nitrogens with two attached hydrogens (primary N) is 1. The van der Waals surface area contributed by atoms with Crippen LogP contribution in [0.1, 0.15) is 30.7 Å². The fourth-order valence-electron chi connectivity index (χ4n) is 2.84. The molecule has 1 aromatic rings. The van der Waals surface area contributed by atoms with Crippen LogP contribution < -0.4 is 10.5 Å². The normalized spacial score (nSPS) is 30.2. The summed E-state index contributed by atoms with van der Waals surface area (Å²) in [4.78, 5) is 0. The third-order valence-corrected chi connectivity index (χ3v) is 4.14. The Labute approximate surface area is 108 Å². The summed E-state index contributed by atoms with van der Waals surface area (Å²) in [5.41, 5.74) is 6.93. The highest BCUT2D eigenvalue weighted by Gasteiger charge is 2.30. The summed E-state index contributed by atoms with van der Waals surface area (Å²) >= 11 is 0. The van der Waals surface area contributed by atoms with Crippen molar-refractivity contribution in [3.8, 4) is 5.75 Å². The number of rotatable bonds is 4. The van der Waals surface area contributed by atoms with Gasteiger partial charge in [0.2, 0.25) is 0 Å². The van der Waals surface area contributed by atoms with E-state index in [0.29, 0.717) is 17.9 Å². The Kier molecular flexibility index (Phi) is 3.52. The molecule has 18 heavy (non-hydrogen) atoms. The number of hydrogen-bond acceptors (Lipinski definition) is 3. The fourth-order valence-corrected chi connectivity index (χ4v) is 2.84. The maximum Gasteiger partial charge on any atom is 0.122 e. The first-order chi connectivity index (χ1) is 8.86. The zero-order valence-electron chi connectivity index (χ0n) is 10.7. The molecule has 0 bridgehead atoms. The van der Waals surface area contributed by atoms with Crippen molar-refractivity contribution in [2.75, 3.05) is 19.8 Å². The number of fused-ring (bicyclic) bond motifs is 1. The summed E-state index contributed by atoms with van der Waals surface area (Å²) in [5, 5.41) is 0. The lowest BCUT2D eigenvalue weighted by molar-refractivity contribution is -0.0367. The van der Waals surface area contributed by atoms with Crippen molar-refractivity contribution in [1.29, 1.82) is 0 Å². The number of benzene rings is 1. The van der Waals surface area contributed by atoms with Gasteiger partial charge in [-0.3, -0.25) is 0 Å².